The lowest BCUT2D eigenvalue weighted by molar-refractivity contribution is -0.122. The van der Waals surface area contributed by atoms with E-state index in [4.69, 9.17) is 0 Å². The summed E-state index contributed by atoms with van der Waals surface area (Å²) >= 11 is 3.23. The van der Waals surface area contributed by atoms with E-state index in [0.717, 1.165) is 12.1 Å². The Labute approximate surface area is 170 Å². The van der Waals surface area contributed by atoms with Crippen LogP contribution in [0.1, 0.15) is 24.8 Å². The van der Waals surface area contributed by atoms with E-state index in [1.807, 2.05) is 0 Å². The van der Waals surface area contributed by atoms with E-state index in [1.54, 1.807) is 6.07 Å². The van der Waals surface area contributed by atoms with E-state index in [9.17, 15) is 22.0 Å². The van der Waals surface area contributed by atoms with Crippen molar-refractivity contribution in [2.45, 2.75) is 42.7 Å². The number of nitrogens with zero attached hydrogens (tertiary/aromatic N) is 1. The largest absolute Gasteiger partial charge is 0.298 e. The summed E-state index contributed by atoms with van der Waals surface area (Å²) < 4.78 is 54.7. The number of Topliss-reactive ketones (excluding diaryl/α,β-unsaturated/α-hetero) is 1. The molecule has 0 N–H and O–H groups in total. The maximum absolute atomic E-state index is 13.5. The van der Waals surface area contributed by atoms with Crippen LogP contribution < -0.4 is 0 Å². The zero-order valence-corrected chi connectivity index (χ0v) is 17.2. The van der Waals surface area contributed by atoms with Gasteiger partial charge in [0.15, 0.2) is 5.78 Å². The predicted octanol–water partition coefficient (Wildman–Crippen LogP) is 4.08. The molecule has 2 bridgehead atoms. The summed E-state index contributed by atoms with van der Waals surface area (Å²) in [5, 5.41) is 0. The van der Waals surface area contributed by atoms with Gasteiger partial charge in [-0.15, -0.1) is 0 Å². The van der Waals surface area contributed by atoms with Crippen molar-refractivity contribution in [1.29, 1.82) is 0 Å². The lowest BCUT2D eigenvalue weighted by Gasteiger charge is -2.25. The van der Waals surface area contributed by atoms with Crippen LogP contribution in [0.4, 0.5) is 8.78 Å². The number of benzene rings is 2. The Morgan fingerprint density at radius 2 is 1.75 bits per heavy atom. The molecule has 2 aliphatic heterocycles. The highest BCUT2D eigenvalue weighted by molar-refractivity contribution is 9.10. The van der Waals surface area contributed by atoms with Crippen LogP contribution in [-0.2, 0) is 21.2 Å². The topological polar surface area (TPSA) is 54.5 Å². The minimum atomic E-state index is -3.88. The maximum Gasteiger partial charge on any atom is 0.243 e. The molecule has 1 unspecified atom stereocenters. The lowest BCUT2D eigenvalue weighted by atomic mass is 9.81. The van der Waals surface area contributed by atoms with Gasteiger partial charge in [-0.25, -0.2) is 17.2 Å². The van der Waals surface area contributed by atoms with Crippen LogP contribution >= 0.6 is 15.9 Å². The Morgan fingerprint density at radius 3 is 2.39 bits per heavy atom. The molecule has 1 aliphatic carbocycles. The monoisotopic (exact) mass is 469 g/mol. The second-order valence-corrected chi connectivity index (χ2v) is 10.1. The molecule has 2 aromatic carbocycles. The first-order valence-corrected chi connectivity index (χ1v) is 11.3. The maximum atomic E-state index is 13.5. The molecule has 5 rings (SSSR count). The smallest absolute Gasteiger partial charge is 0.243 e. The quantitative estimate of drug-likeness (QED) is 0.640. The van der Waals surface area contributed by atoms with Gasteiger partial charge in [-0.2, -0.15) is 4.31 Å². The number of rotatable bonds is 6. The summed E-state index contributed by atoms with van der Waals surface area (Å²) in [5.74, 6) is -1.04. The number of sulfonamides is 1. The molecule has 148 valence electrons. The van der Waals surface area contributed by atoms with E-state index < -0.39 is 21.9 Å². The fourth-order valence-corrected chi connectivity index (χ4v) is 6.57. The molecule has 1 atom stereocenters. The third kappa shape index (κ3) is 3.53. The first-order chi connectivity index (χ1) is 13.3. The molecule has 0 radical (unpaired) electrons. The standard InChI is InChI=1S/C20H18BrF2NO3S/c21-14-7-12(8-16(23)11-14)1-6-19(25)20-13-9-17(10-13)24(20)28(26,27)18-4-2-15(22)3-5-18/h2-5,7-8,11,13,17,20H,1,6,9-10H2. The average molecular weight is 470 g/mol. The highest BCUT2D eigenvalue weighted by Gasteiger charge is 2.57. The van der Waals surface area contributed by atoms with Crippen LogP contribution in [0.5, 0.6) is 0 Å². The SMILES string of the molecule is O=C(CCc1cc(F)cc(Br)c1)C1C2CC(C2)N1S(=O)(=O)c1ccc(F)cc1. The first kappa shape index (κ1) is 19.7. The van der Waals surface area contributed by atoms with E-state index in [-0.39, 0.29) is 34.9 Å². The number of ketones is 1. The van der Waals surface area contributed by atoms with Crippen LogP contribution in [0, 0.1) is 17.6 Å². The van der Waals surface area contributed by atoms with Gasteiger partial charge in [0.1, 0.15) is 11.6 Å². The Morgan fingerprint density at radius 1 is 1.07 bits per heavy atom. The van der Waals surface area contributed by atoms with Gasteiger partial charge in [0, 0.05) is 16.9 Å². The summed E-state index contributed by atoms with van der Waals surface area (Å²) in [6.07, 6.45) is 1.82. The van der Waals surface area contributed by atoms with E-state index >= 15 is 0 Å². The van der Waals surface area contributed by atoms with Crippen molar-refractivity contribution in [2.24, 2.45) is 5.92 Å². The van der Waals surface area contributed by atoms with Crippen molar-refractivity contribution in [3.8, 4) is 0 Å². The van der Waals surface area contributed by atoms with Crippen molar-refractivity contribution in [1.82, 2.24) is 4.31 Å². The van der Waals surface area contributed by atoms with E-state index in [0.29, 0.717) is 29.3 Å². The zero-order valence-electron chi connectivity index (χ0n) is 14.8. The normalized spacial score (nSPS) is 24.2. The van der Waals surface area contributed by atoms with Crippen LogP contribution in [0.25, 0.3) is 0 Å². The van der Waals surface area contributed by atoms with Crippen molar-refractivity contribution < 1.29 is 22.0 Å². The third-order valence-electron chi connectivity index (χ3n) is 5.53. The Hall–Kier alpha value is -1.64. The summed E-state index contributed by atoms with van der Waals surface area (Å²) in [6.45, 7) is 0. The Bertz CT molecular complexity index is 1000. The summed E-state index contributed by atoms with van der Waals surface area (Å²) in [5.41, 5.74) is 0.679. The minimum absolute atomic E-state index is 0.00619. The minimum Gasteiger partial charge on any atom is -0.298 e. The van der Waals surface area contributed by atoms with Crippen molar-refractivity contribution in [3.63, 3.8) is 0 Å². The first-order valence-electron chi connectivity index (χ1n) is 9.02. The second-order valence-electron chi connectivity index (χ2n) is 7.36. The van der Waals surface area contributed by atoms with E-state index in [2.05, 4.69) is 15.9 Å². The van der Waals surface area contributed by atoms with Crippen molar-refractivity contribution in [2.75, 3.05) is 0 Å². The molecule has 4 nitrogen and oxygen atoms in total. The fraction of sp³-hybridized carbons (Fsp3) is 0.350. The number of halogens is 3. The molecule has 2 heterocycles. The van der Waals surface area contributed by atoms with Gasteiger partial charge in [-0.1, -0.05) is 15.9 Å². The summed E-state index contributed by atoms with van der Waals surface area (Å²) in [6, 6.07) is 8.25. The summed E-state index contributed by atoms with van der Waals surface area (Å²) in [7, 11) is -3.88. The molecule has 0 aromatic heterocycles. The van der Waals surface area contributed by atoms with Gasteiger partial charge in [0.05, 0.1) is 10.9 Å². The molecule has 3 aliphatic rings. The van der Waals surface area contributed by atoms with Gasteiger partial charge < -0.3 is 0 Å². The third-order valence-corrected chi connectivity index (χ3v) is 7.94. The number of hydrogen-bond donors (Lipinski definition) is 0. The molecule has 28 heavy (non-hydrogen) atoms. The summed E-state index contributed by atoms with van der Waals surface area (Å²) in [4.78, 5) is 12.9. The van der Waals surface area contributed by atoms with Gasteiger partial charge in [0.2, 0.25) is 10.0 Å². The number of carbonyl (C=O) groups excluding carboxylic acids is 1. The van der Waals surface area contributed by atoms with Crippen LogP contribution in [0.2, 0.25) is 0 Å². The lowest BCUT2D eigenvalue weighted by Crippen LogP contribution is -2.41. The van der Waals surface area contributed by atoms with Crippen molar-refractivity contribution in [3.05, 3.63) is 64.1 Å². The molecule has 0 amide bonds. The molecular formula is C20H18BrF2NO3S. The van der Waals surface area contributed by atoms with Crippen molar-refractivity contribution >= 4 is 31.7 Å². The second kappa shape index (κ2) is 7.31. The highest BCUT2D eigenvalue weighted by Crippen LogP contribution is 2.49. The number of carbonyl (C=O) groups is 1. The molecule has 8 heteroatoms. The molecule has 1 saturated carbocycles. The molecule has 0 spiro atoms. The van der Waals surface area contributed by atoms with Gasteiger partial charge in [-0.3, -0.25) is 4.79 Å². The molecular weight excluding hydrogens is 452 g/mol. The number of aryl methyl sites for hydroxylation is 1. The average Bonchev–Trinajstić information content (AvgIpc) is 3.16. The fourth-order valence-electron chi connectivity index (χ4n) is 4.18. The van der Waals surface area contributed by atoms with Gasteiger partial charge in [0.25, 0.3) is 0 Å². The van der Waals surface area contributed by atoms with Crippen LogP contribution in [0.3, 0.4) is 0 Å². The highest BCUT2D eigenvalue weighted by atomic mass is 79.9. The molecule has 2 aromatic rings. The zero-order chi connectivity index (χ0) is 20.1. The van der Waals surface area contributed by atoms with Crippen LogP contribution in [-0.4, -0.2) is 30.6 Å². The number of hydrogen-bond acceptors (Lipinski definition) is 3. The van der Waals surface area contributed by atoms with Crippen LogP contribution in [0.15, 0.2) is 51.8 Å². The Balaban J connectivity index is 1.53. The molecule has 3 fully saturated rings. The van der Waals surface area contributed by atoms with E-state index in [1.165, 1.54) is 28.6 Å². The molecule has 2 saturated heterocycles. The van der Waals surface area contributed by atoms with Gasteiger partial charge in [-0.05, 0) is 73.2 Å². The number of fused-ring (bicyclic) bond motifs is 1. The Kier molecular flexibility index (Phi) is 5.14. The predicted molar refractivity (Wildman–Crippen MR) is 103 cm³/mol. The van der Waals surface area contributed by atoms with Gasteiger partial charge >= 0.3 is 0 Å².